The Hall–Kier alpha value is -1.46. The summed E-state index contributed by atoms with van der Waals surface area (Å²) in [6.07, 6.45) is 0. The molecule has 5 nitrogen and oxygen atoms in total. The number of ether oxygens (including phenoxy) is 2. The number of nitrogens with two attached hydrogens (primary N) is 1. The van der Waals surface area contributed by atoms with E-state index in [0.717, 1.165) is 0 Å². The average Bonchev–Trinajstić information content (AvgIpc) is 2.38. The van der Waals surface area contributed by atoms with Crippen molar-refractivity contribution < 1.29 is 14.3 Å². The summed E-state index contributed by atoms with van der Waals surface area (Å²) >= 11 is 6.16. The lowest BCUT2D eigenvalue weighted by molar-refractivity contribution is -0.126. The van der Waals surface area contributed by atoms with Gasteiger partial charge < -0.3 is 20.5 Å². The van der Waals surface area contributed by atoms with Crippen LogP contribution in [0.3, 0.4) is 0 Å². The number of nitrogens with one attached hydrogen (secondary N) is 1. The van der Waals surface area contributed by atoms with Crippen LogP contribution in [-0.2, 0) is 4.79 Å². The van der Waals surface area contributed by atoms with Crippen LogP contribution >= 0.6 is 11.6 Å². The van der Waals surface area contributed by atoms with E-state index in [4.69, 9.17) is 26.8 Å². The Labute approximate surface area is 130 Å². The number of carbonyl (C=O) groups excluding carboxylic acids is 1. The lowest BCUT2D eigenvalue weighted by Gasteiger charge is -2.37. The summed E-state index contributed by atoms with van der Waals surface area (Å²) < 4.78 is 10.4. The molecule has 0 radical (unpaired) electrons. The molecule has 0 bridgehead atoms. The molecule has 21 heavy (non-hydrogen) atoms. The van der Waals surface area contributed by atoms with Crippen LogP contribution in [0.1, 0.15) is 27.7 Å². The standard InChI is InChI=1S/C15H23ClN2O3/c1-14(2,15(3,4)17)13(19)18-10-8-12(21-6)11(20-5)7-9(10)16/h7-8H,17H2,1-6H3,(H,18,19). The molecule has 0 aliphatic heterocycles. The third-order valence-corrected chi connectivity index (χ3v) is 4.21. The van der Waals surface area contributed by atoms with Gasteiger partial charge in [-0.05, 0) is 27.7 Å². The molecule has 0 aliphatic rings. The Kier molecular flexibility index (Phi) is 5.12. The lowest BCUT2D eigenvalue weighted by Crippen LogP contribution is -2.53. The van der Waals surface area contributed by atoms with E-state index in [2.05, 4.69) is 5.32 Å². The van der Waals surface area contributed by atoms with Gasteiger partial charge in [-0.25, -0.2) is 0 Å². The van der Waals surface area contributed by atoms with Crippen molar-refractivity contribution in [2.24, 2.45) is 11.1 Å². The Morgan fingerprint density at radius 1 is 1.14 bits per heavy atom. The molecule has 1 aromatic carbocycles. The zero-order chi connectivity index (χ0) is 16.4. The second-order valence-corrected chi connectivity index (χ2v) is 6.40. The Morgan fingerprint density at radius 2 is 1.62 bits per heavy atom. The highest BCUT2D eigenvalue weighted by molar-refractivity contribution is 6.34. The predicted octanol–water partition coefficient (Wildman–Crippen LogP) is 3.06. The van der Waals surface area contributed by atoms with Crippen molar-refractivity contribution in [1.82, 2.24) is 0 Å². The van der Waals surface area contributed by atoms with Gasteiger partial charge in [0.05, 0.1) is 30.3 Å². The van der Waals surface area contributed by atoms with Crippen LogP contribution < -0.4 is 20.5 Å². The van der Waals surface area contributed by atoms with Crippen molar-refractivity contribution in [3.63, 3.8) is 0 Å². The first-order valence-electron chi connectivity index (χ1n) is 6.56. The highest BCUT2D eigenvalue weighted by atomic mass is 35.5. The number of benzene rings is 1. The zero-order valence-corrected chi connectivity index (χ0v) is 14.1. The fourth-order valence-corrected chi connectivity index (χ4v) is 1.72. The van der Waals surface area contributed by atoms with Crippen LogP contribution in [0.25, 0.3) is 0 Å². The average molecular weight is 315 g/mol. The van der Waals surface area contributed by atoms with Gasteiger partial charge in [-0.15, -0.1) is 0 Å². The number of hydrogen-bond donors (Lipinski definition) is 2. The zero-order valence-electron chi connectivity index (χ0n) is 13.3. The van der Waals surface area contributed by atoms with Crippen LogP contribution in [0.15, 0.2) is 12.1 Å². The number of hydrogen-bond acceptors (Lipinski definition) is 4. The molecule has 0 spiro atoms. The molecule has 1 aromatic rings. The smallest absolute Gasteiger partial charge is 0.231 e. The third-order valence-electron chi connectivity index (χ3n) is 3.90. The van der Waals surface area contributed by atoms with E-state index < -0.39 is 11.0 Å². The van der Waals surface area contributed by atoms with E-state index in [1.807, 2.05) is 13.8 Å². The van der Waals surface area contributed by atoms with Crippen LogP contribution in [0.4, 0.5) is 5.69 Å². The van der Waals surface area contributed by atoms with E-state index in [-0.39, 0.29) is 5.91 Å². The summed E-state index contributed by atoms with van der Waals surface area (Å²) in [6.45, 7) is 7.19. The number of methoxy groups -OCH3 is 2. The maximum atomic E-state index is 12.5. The molecule has 3 N–H and O–H groups in total. The monoisotopic (exact) mass is 314 g/mol. The lowest BCUT2D eigenvalue weighted by atomic mass is 9.74. The van der Waals surface area contributed by atoms with Gasteiger partial charge in [-0.1, -0.05) is 11.6 Å². The van der Waals surface area contributed by atoms with Crippen molar-refractivity contribution in [2.75, 3.05) is 19.5 Å². The molecule has 0 saturated heterocycles. The van der Waals surface area contributed by atoms with Gasteiger partial charge in [0, 0.05) is 17.7 Å². The van der Waals surface area contributed by atoms with Crippen LogP contribution in [0, 0.1) is 5.41 Å². The van der Waals surface area contributed by atoms with Gasteiger partial charge in [0.2, 0.25) is 5.91 Å². The molecule has 0 saturated carbocycles. The van der Waals surface area contributed by atoms with E-state index in [1.54, 1.807) is 26.0 Å². The molecule has 6 heteroatoms. The molecule has 1 amide bonds. The summed E-state index contributed by atoms with van der Waals surface area (Å²) in [5.41, 5.74) is 5.07. The summed E-state index contributed by atoms with van der Waals surface area (Å²) in [4.78, 5) is 12.5. The number of halogens is 1. The van der Waals surface area contributed by atoms with Gasteiger partial charge in [0.15, 0.2) is 11.5 Å². The SMILES string of the molecule is COc1cc(Cl)c(NC(=O)C(C)(C)C(C)(C)N)cc1OC. The normalized spacial score (nSPS) is 12.0. The molecule has 0 atom stereocenters. The molecule has 0 fully saturated rings. The first-order valence-corrected chi connectivity index (χ1v) is 6.94. The second kappa shape index (κ2) is 6.12. The number of anilines is 1. The highest BCUT2D eigenvalue weighted by Gasteiger charge is 2.40. The largest absolute Gasteiger partial charge is 0.493 e. The molecule has 1 rings (SSSR count). The molecular formula is C15H23ClN2O3. The molecule has 118 valence electrons. The van der Waals surface area contributed by atoms with Crippen molar-refractivity contribution in [2.45, 2.75) is 33.2 Å². The quantitative estimate of drug-likeness (QED) is 0.876. The minimum atomic E-state index is -0.774. The molecule has 0 aliphatic carbocycles. The molecule has 0 unspecified atom stereocenters. The van der Waals surface area contributed by atoms with Gasteiger partial charge in [0.1, 0.15) is 0 Å². The van der Waals surface area contributed by atoms with E-state index >= 15 is 0 Å². The minimum Gasteiger partial charge on any atom is -0.493 e. The van der Waals surface area contributed by atoms with E-state index in [9.17, 15) is 4.79 Å². The topological polar surface area (TPSA) is 73.6 Å². The number of rotatable bonds is 5. The molecular weight excluding hydrogens is 292 g/mol. The van der Waals surface area contributed by atoms with Crippen molar-refractivity contribution in [1.29, 1.82) is 0 Å². The van der Waals surface area contributed by atoms with Crippen LogP contribution in [0.2, 0.25) is 5.02 Å². The van der Waals surface area contributed by atoms with Crippen LogP contribution in [-0.4, -0.2) is 25.7 Å². The van der Waals surface area contributed by atoms with Gasteiger partial charge in [-0.3, -0.25) is 4.79 Å². The fraction of sp³-hybridized carbons (Fsp3) is 0.533. The highest BCUT2D eigenvalue weighted by Crippen LogP contribution is 2.37. The van der Waals surface area contributed by atoms with Crippen molar-refractivity contribution >= 4 is 23.2 Å². The second-order valence-electron chi connectivity index (χ2n) is 5.99. The number of carbonyl (C=O) groups is 1. The molecule has 0 aromatic heterocycles. The van der Waals surface area contributed by atoms with Gasteiger partial charge in [0.25, 0.3) is 0 Å². The van der Waals surface area contributed by atoms with E-state index in [1.165, 1.54) is 14.2 Å². The van der Waals surface area contributed by atoms with E-state index in [0.29, 0.717) is 22.2 Å². The molecule has 0 heterocycles. The summed E-state index contributed by atoms with van der Waals surface area (Å²) in [6, 6.07) is 3.22. The van der Waals surface area contributed by atoms with Gasteiger partial charge in [-0.2, -0.15) is 0 Å². The Morgan fingerprint density at radius 3 is 2.05 bits per heavy atom. The Balaban J connectivity index is 3.12. The maximum Gasteiger partial charge on any atom is 0.231 e. The first kappa shape index (κ1) is 17.6. The summed E-state index contributed by atoms with van der Waals surface area (Å²) in [7, 11) is 3.04. The third kappa shape index (κ3) is 3.60. The first-order chi connectivity index (χ1) is 9.54. The maximum absolute atomic E-state index is 12.5. The summed E-state index contributed by atoms with van der Waals surface area (Å²) in [5, 5.41) is 3.16. The van der Waals surface area contributed by atoms with Crippen molar-refractivity contribution in [3.05, 3.63) is 17.2 Å². The number of amides is 1. The predicted molar refractivity (Wildman–Crippen MR) is 85.2 cm³/mol. The fourth-order valence-electron chi connectivity index (χ4n) is 1.52. The Bertz CT molecular complexity index is 536. The minimum absolute atomic E-state index is 0.218. The summed E-state index contributed by atoms with van der Waals surface area (Å²) in [5.74, 6) is 0.769. The van der Waals surface area contributed by atoms with Crippen molar-refractivity contribution in [3.8, 4) is 11.5 Å². The van der Waals surface area contributed by atoms with Gasteiger partial charge >= 0.3 is 0 Å². The van der Waals surface area contributed by atoms with Crippen LogP contribution in [0.5, 0.6) is 11.5 Å².